The highest BCUT2D eigenvalue weighted by Gasteiger charge is 2.17. The molecule has 8 heteroatoms. The maximum absolute atomic E-state index is 11.9. The molecule has 8 nitrogen and oxygen atoms in total. The molecule has 0 saturated carbocycles. The van der Waals surface area contributed by atoms with Gasteiger partial charge in [0.05, 0.1) is 40.3 Å². The van der Waals surface area contributed by atoms with Gasteiger partial charge in [0, 0.05) is 6.42 Å². The Kier molecular flexibility index (Phi) is 25.7. The van der Waals surface area contributed by atoms with Crippen molar-refractivity contribution in [1.29, 1.82) is 0 Å². The number of ether oxygens (including phenoxy) is 3. The highest BCUT2D eigenvalue weighted by Crippen LogP contribution is 2.09. The molecular weight excluding hydrogens is 534 g/mol. The average Bonchev–Trinajstić information content (AvgIpc) is 2.93. The molecule has 42 heavy (non-hydrogen) atoms. The van der Waals surface area contributed by atoms with Crippen LogP contribution in [-0.4, -0.2) is 81.4 Å². The van der Waals surface area contributed by atoms with E-state index in [0.29, 0.717) is 11.0 Å². The summed E-state index contributed by atoms with van der Waals surface area (Å²) in [6.07, 6.45) is 30.7. The second-order valence-corrected chi connectivity index (χ2v) is 11.2. The van der Waals surface area contributed by atoms with E-state index in [1.165, 1.54) is 0 Å². The number of aliphatic hydroxyl groups is 1. The van der Waals surface area contributed by atoms with Gasteiger partial charge in [-0.3, -0.25) is 4.79 Å². The lowest BCUT2D eigenvalue weighted by atomic mass is 10.1. The van der Waals surface area contributed by atoms with Gasteiger partial charge in [-0.05, 0) is 51.4 Å². The van der Waals surface area contributed by atoms with Gasteiger partial charge in [0.2, 0.25) is 0 Å². The van der Waals surface area contributed by atoms with E-state index in [-0.39, 0.29) is 32.2 Å². The number of unbranched alkanes of at least 4 members (excludes halogenated alkanes) is 5. The van der Waals surface area contributed by atoms with Gasteiger partial charge in [0.25, 0.3) is 0 Å². The van der Waals surface area contributed by atoms with Crippen molar-refractivity contribution in [1.82, 2.24) is 0 Å². The Morgan fingerprint density at radius 1 is 0.738 bits per heavy atom. The summed E-state index contributed by atoms with van der Waals surface area (Å²) in [6, 6.07) is 0. The highest BCUT2D eigenvalue weighted by atomic mass is 16.7. The third kappa shape index (κ3) is 29.0. The zero-order chi connectivity index (χ0) is 31.3. The second kappa shape index (κ2) is 27.3. The van der Waals surface area contributed by atoms with Crippen LogP contribution in [0.4, 0.5) is 0 Å². The smallest absolute Gasteiger partial charge is 0.305 e. The highest BCUT2D eigenvalue weighted by molar-refractivity contribution is 5.69. The van der Waals surface area contributed by atoms with Crippen molar-refractivity contribution in [3.8, 4) is 0 Å². The molecule has 0 fully saturated rings. The SMILES string of the molecule is CC/C=C\C/C=C\C/C=C\C/C=C\C/C=C\CCCCCCCC(=O)OCC(O)COC(OCC[N+](C)(C)C)C(=O)[O-]. The van der Waals surface area contributed by atoms with Crippen molar-refractivity contribution in [2.75, 3.05) is 47.5 Å². The molecule has 0 amide bonds. The average molecular weight is 592 g/mol. The lowest BCUT2D eigenvalue weighted by Gasteiger charge is -2.26. The fourth-order valence-electron chi connectivity index (χ4n) is 3.56. The third-order valence-corrected chi connectivity index (χ3v) is 6.01. The fraction of sp³-hybridized carbons (Fsp3) is 0.647. The lowest BCUT2D eigenvalue weighted by Crippen LogP contribution is -2.44. The normalized spacial score (nSPS) is 14.2. The van der Waals surface area contributed by atoms with E-state index in [0.717, 1.165) is 70.6 Å². The predicted octanol–water partition coefficient (Wildman–Crippen LogP) is 5.19. The molecule has 0 aromatic heterocycles. The Labute approximate surface area is 255 Å². The number of nitrogens with zero attached hydrogens (tertiary/aromatic N) is 1. The molecule has 0 radical (unpaired) electrons. The number of esters is 1. The molecule has 1 N–H and O–H groups in total. The Balaban J connectivity index is 3.70. The monoisotopic (exact) mass is 591 g/mol. The van der Waals surface area contributed by atoms with Crippen LogP contribution in [0.2, 0.25) is 0 Å². The van der Waals surface area contributed by atoms with Crippen molar-refractivity contribution < 1.29 is 38.5 Å². The second-order valence-electron chi connectivity index (χ2n) is 11.2. The first-order valence-electron chi connectivity index (χ1n) is 15.5. The molecule has 0 aliphatic rings. The van der Waals surface area contributed by atoms with Crippen LogP contribution in [0.15, 0.2) is 60.8 Å². The maximum Gasteiger partial charge on any atom is 0.305 e. The summed E-state index contributed by atoms with van der Waals surface area (Å²) >= 11 is 0. The molecule has 0 aromatic carbocycles. The molecule has 240 valence electrons. The molecule has 2 atom stereocenters. The largest absolute Gasteiger partial charge is 0.545 e. The number of carboxylic acid groups (broad SMARTS) is 1. The number of carboxylic acids is 1. The van der Waals surface area contributed by atoms with Crippen molar-refractivity contribution >= 4 is 11.9 Å². The van der Waals surface area contributed by atoms with Crippen LogP contribution in [0.5, 0.6) is 0 Å². The van der Waals surface area contributed by atoms with Crippen LogP contribution in [0.3, 0.4) is 0 Å². The summed E-state index contributed by atoms with van der Waals surface area (Å²) in [7, 11) is 5.85. The van der Waals surface area contributed by atoms with Crippen LogP contribution >= 0.6 is 0 Å². The molecule has 2 unspecified atom stereocenters. The van der Waals surface area contributed by atoms with Crippen molar-refractivity contribution in [2.45, 2.75) is 96.4 Å². The number of aliphatic hydroxyl groups excluding tert-OH is 1. The molecule has 0 aliphatic carbocycles. The van der Waals surface area contributed by atoms with E-state index in [1.54, 1.807) is 0 Å². The standard InChI is InChI=1S/C34H57NO7/c1-5-6-7-8-9-10-11-12-13-14-15-16-17-18-19-20-21-22-23-24-25-26-32(37)41-29-31(36)30-42-34(33(38)39)40-28-27-35(2,3)4/h6-7,9-10,12-13,15-16,18-19,31,34,36H,5,8,11,14,17,20-30H2,1-4H3/b7-6-,10-9-,13-12-,16-15-,19-18-. The van der Waals surface area contributed by atoms with Gasteiger partial charge in [0.15, 0.2) is 6.29 Å². The topological polar surface area (TPSA) is 105 Å². The molecular formula is C34H57NO7. The van der Waals surface area contributed by atoms with Gasteiger partial charge in [-0.15, -0.1) is 0 Å². The van der Waals surface area contributed by atoms with E-state index in [9.17, 15) is 19.8 Å². The number of carbonyl (C=O) groups excluding carboxylic acids is 2. The predicted molar refractivity (Wildman–Crippen MR) is 167 cm³/mol. The van der Waals surface area contributed by atoms with Crippen molar-refractivity contribution in [2.24, 2.45) is 0 Å². The first-order valence-corrected chi connectivity index (χ1v) is 15.5. The first-order chi connectivity index (χ1) is 20.2. The molecule has 0 aromatic rings. The molecule has 0 rings (SSSR count). The van der Waals surface area contributed by atoms with Gasteiger partial charge in [-0.1, -0.05) is 86.9 Å². The Bertz CT molecular complexity index is 824. The molecule has 0 spiro atoms. The summed E-state index contributed by atoms with van der Waals surface area (Å²) in [5.41, 5.74) is 0. The van der Waals surface area contributed by atoms with E-state index >= 15 is 0 Å². The van der Waals surface area contributed by atoms with E-state index in [4.69, 9.17) is 14.2 Å². The Morgan fingerprint density at radius 3 is 1.81 bits per heavy atom. The number of hydrogen-bond acceptors (Lipinski definition) is 7. The number of rotatable bonds is 27. The Hall–Kier alpha value is -2.52. The van der Waals surface area contributed by atoms with E-state index in [1.807, 2.05) is 21.1 Å². The lowest BCUT2D eigenvalue weighted by molar-refractivity contribution is -0.870. The number of allylic oxidation sites excluding steroid dienone is 10. The maximum atomic E-state index is 11.9. The first kappa shape index (κ1) is 39.5. The quantitative estimate of drug-likeness (QED) is 0.0461. The zero-order valence-electron chi connectivity index (χ0n) is 26.6. The Morgan fingerprint density at radius 2 is 1.26 bits per heavy atom. The van der Waals surface area contributed by atoms with E-state index < -0.39 is 18.4 Å². The van der Waals surface area contributed by atoms with Gasteiger partial charge in [0.1, 0.15) is 19.3 Å². The minimum Gasteiger partial charge on any atom is -0.545 e. The zero-order valence-corrected chi connectivity index (χ0v) is 26.6. The molecule has 0 saturated heterocycles. The summed E-state index contributed by atoms with van der Waals surface area (Å²) < 4.78 is 15.9. The van der Waals surface area contributed by atoms with E-state index in [2.05, 4.69) is 67.7 Å². The number of likely N-dealkylation sites (N-methyl/N-ethyl adjacent to an activating group) is 1. The minimum atomic E-state index is -1.58. The third-order valence-electron chi connectivity index (χ3n) is 6.01. The van der Waals surface area contributed by atoms with Crippen LogP contribution in [0.25, 0.3) is 0 Å². The van der Waals surface area contributed by atoms with Crippen molar-refractivity contribution in [3.63, 3.8) is 0 Å². The summed E-state index contributed by atoms with van der Waals surface area (Å²) in [6.45, 7) is 2.29. The number of hydrogen-bond donors (Lipinski definition) is 1. The van der Waals surface area contributed by atoms with Gasteiger partial charge in [-0.2, -0.15) is 0 Å². The molecule has 0 bridgehead atoms. The van der Waals surface area contributed by atoms with Crippen LogP contribution in [0, 0.1) is 0 Å². The van der Waals surface area contributed by atoms with Gasteiger partial charge in [-0.25, -0.2) is 0 Å². The number of carbonyl (C=O) groups is 2. The number of aliphatic carboxylic acids is 1. The summed E-state index contributed by atoms with van der Waals surface area (Å²) in [5, 5.41) is 21.1. The minimum absolute atomic E-state index is 0.163. The van der Waals surface area contributed by atoms with Gasteiger partial charge < -0.3 is 33.7 Å². The van der Waals surface area contributed by atoms with Crippen molar-refractivity contribution in [3.05, 3.63) is 60.8 Å². The van der Waals surface area contributed by atoms with Crippen LogP contribution < -0.4 is 5.11 Å². The fourth-order valence-corrected chi connectivity index (χ4v) is 3.56. The summed E-state index contributed by atoms with van der Waals surface area (Å²) in [5.74, 6) is -1.90. The van der Waals surface area contributed by atoms with Crippen LogP contribution in [0.1, 0.15) is 84.0 Å². The number of quaternary nitrogens is 1. The van der Waals surface area contributed by atoms with Gasteiger partial charge >= 0.3 is 5.97 Å². The molecule has 0 heterocycles. The summed E-state index contributed by atoms with van der Waals surface area (Å²) in [4.78, 5) is 23.1. The molecule has 0 aliphatic heterocycles. The van der Waals surface area contributed by atoms with Crippen LogP contribution in [-0.2, 0) is 23.8 Å².